The molecular formula is H5AlCuMgTi. The molecule has 0 aliphatic heterocycles. The molecule has 0 atom stereocenters. The Morgan fingerprint density at radius 2 is 1.00 bits per heavy atom. The van der Waals surface area contributed by atoms with Gasteiger partial charge in [0.15, 0.2) is 17.4 Å². The van der Waals surface area contributed by atoms with Crippen LogP contribution in [-0.2, 0) is 38.8 Å². The molecule has 0 nitrogen and oxygen atoms in total. The van der Waals surface area contributed by atoms with E-state index in [0.29, 0.717) is 0 Å². The van der Waals surface area contributed by atoms with Crippen molar-refractivity contribution >= 4 is 40.4 Å². The van der Waals surface area contributed by atoms with Crippen molar-refractivity contribution in [2.24, 2.45) is 0 Å². The Hall–Kier alpha value is 2.53. The molecule has 0 saturated carbocycles. The van der Waals surface area contributed by atoms with Gasteiger partial charge >= 0.3 is 23.1 Å². The summed E-state index contributed by atoms with van der Waals surface area (Å²) in [4.78, 5) is 0. The van der Waals surface area contributed by atoms with Gasteiger partial charge in [0, 0.05) is 38.8 Å². The topological polar surface area (TPSA) is 0 Å². The van der Waals surface area contributed by atoms with Gasteiger partial charge in [0.25, 0.3) is 0 Å². The van der Waals surface area contributed by atoms with Crippen LogP contribution in [0.1, 0.15) is 0 Å². The maximum absolute atomic E-state index is 0. The summed E-state index contributed by atoms with van der Waals surface area (Å²) in [5.74, 6) is 0. The Labute approximate surface area is 78.1 Å². The second-order valence-electron chi connectivity index (χ2n) is 0. The van der Waals surface area contributed by atoms with Crippen molar-refractivity contribution in [3.63, 3.8) is 0 Å². The molecule has 0 aromatic heterocycles. The van der Waals surface area contributed by atoms with Crippen LogP contribution in [0.3, 0.4) is 0 Å². The van der Waals surface area contributed by atoms with Crippen molar-refractivity contribution in [2.75, 3.05) is 0 Å². The first-order chi connectivity index (χ1) is 0. The van der Waals surface area contributed by atoms with E-state index in [1.54, 1.807) is 0 Å². The van der Waals surface area contributed by atoms with Gasteiger partial charge in [-0.15, -0.1) is 0 Å². The average molecular weight is 168 g/mol. The van der Waals surface area contributed by atoms with Crippen molar-refractivity contribution < 1.29 is 38.8 Å². The molecule has 0 aromatic carbocycles. The van der Waals surface area contributed by atoms with Gasteiger partial charge in [0.2, 0.25) is 0 Å². The van der Waals surface area contributed by atoms with Crippen molar-refractivity contribution in [1.82, 2.24) is 0 Å². The molecule has 0 aliphatic rings. The second-order valence-corrected chi connectivity index (χ2v) is 0. The number of rotatable bonds is 0. The van der Waals surface area contributed by atoms with Gasteiger partial charge in [-0.05, 0) is 0 Å². The van der Waals surface area contributed by atoms with Gasteiger partial charge < -0.3 is 0 Å². The van der Waals surface area contributed by atoms with Gasteiger partial charge in [-0.3, -0.25) is 0 Å². The summed E-state index contributed by atoms with van der Waals surface area (Å²) in [6, 6.07) is 0. The molecule has 0 unspecified atom stereocenters. The van der Waals surface area contributed by atoms with E-state index in [4.69, 9.17) is 0 Å². The molecule has 0 N–H and O–H groups in total. The summed E-state index contributed by atoms with van der Waals surface area (Å²) in [5, 5.41) is 0. The third-order valence-electron chi connectivity index (χ3n) is 0. The maximum Gasteiger partial charge on any atom is 0.316 e. The fraction of sp³-hybridized carbons (Fsp3) is 0. The van der Waals surface area contributed by atoms with Crippen LogP contribution < -0.4 is 0 Å². The standard InChI is InChI=1S/Al.Cu.Mg.Ti.5H. The molecule has 0 rings (SSSR count). The zero-order valence-corrected chi connectivity index (χ0v) is 3.30. The zero-order chi connectivity index (χ0) is 0. The van der Waals surface area contributed by atoms with Crippen LogP contribution in [0, 0.1) is 0 Å². The van der Waals surface area contributed by atoms with Crippen LogP contribution >= 0.6 is 0 Å². The SMILES string of the molecule is [AlH3].[Cu].[MgH2].[Ti]. The van der Waals surface area contributed by atoms with E-state index in [2.05, 4.69) is 0 Å². The Bertz CT molecular complexity index is 8.00. The van der Waals surface area contributed by atoms with Crippen LogP contribution in [0.15, 0.2) is 0 Å². The second kappa shape index (κ2) is 17.7. The fourth-order valence-electron chi connectivity index (χ4n) is 0. The zero-order valence-electron chi connectivity index (χ0n) is 0.802. The summed E-state index contributed by atoms with van der Waals surface area (Å²) in [6.07, 6.45) is 0. The van der Waals surface area contributed by atoms with E-state index >= 15 is 0 Å². The van der Waals surface area contributed by atoms with E-state index in [0.717, 1.165) is 0 Å². The van der Waals surface area contributed by atoms with Crippen LogP contribution in [-0.4, -0.2) is 40.4 Å². The Kier molecular flexibility index (Phi) is 138. The van der Waals surface area contributed by atoms with Crippen LogP contribution in [0.2, 0.25) is 0 Å². The molecule has 0 bridgehead atoms. The minimum Gasteiger partial charge on any atom is 0 e. The Balaban J connectivity index is 0. The Morgan fingerprint density at radius 3 is 1.00 bits per heavy atom. The van der Waals surface area contributed by atoms with Gasteiger partial charge in [-0.25, -0.2) is 0 Å². The molecular weight excluding hydrogens is 163 g/mol. The van der Waals surface area contributed by atoms with Crippen LogP contribution in [0.4, 0.5) is 0 Å². The molecule has 1 radical (unpaired) electrons. The van der Waals surface area contributed by atoms with Crippen molar-refractivity contribution in [3.8, 4) is 0 Å². The van der Waals surface area contributed by atoms with E-state index in [1.807, 2.05) is 0 Å². The molecule has 0 saturated heterocycles. The molecule has 4 heteroatoms. The normalized spacial score (nSPS) is 0. The molecule has 0 aromatic rings. The number of hydrogen-bond donors (Lipinski definition) is 0. The predicted molar refractivity (Wildman–Crippen MR) is 18.5 cm³/mol. The summed E-state index contributed by atoms with van der Waals surface area (Å²) < 4.78 is 0. The number of hydrogen-bond acceptors (Lipinski definition) is 0. The van der Waals surface area contributed by atoms with Crippen molar-refractivity contribution in [1.29, 1.82) is 0 Å². The van der Waals surface area contributed by atoms with Gasteiger partial charge in [-0.2, -0.15) is 0 Å². The van der Waals surface area contributed by atoms with Crippen LogP contribution in [0.25, 0.3) is 0 Å². The third kappa shape index (κ3) is 8.82. The van der Waals surface area contributed by atoms with Gasteiger partial charge in [-0.1, -0.05) is 0 Å². The van der Waals surface area contributed by atoms with Crippen molar-refractivity contribution in [3.05, 3.63) is 0 Å². The summed E-state index contributed by atoms with van der Waals surface area (Å²) >= 11 is 0. The van der Waals surface area contributed by atoms with Gasteiger partial charge in [0.1, 0.15) is 0 Å². The molecule has 4 heavy (non-hydrogen) atoms. The van der Waals surface area contributed by atoms with E-state index < -0.39 is 0 Å². The molecule has 0 spiro atoms. The summed E-state index contributed by atoms with van der Waals surface area (Å²) in [7, 11) is 0. The summed E-state index contributed by atoms with van der Waals surface area (Å²) in [6.45, 7) is 0. The van der Waals surface area contributed by atoms with E-state index in [-0.39, 0.29) is 79.2 Å². The van der Waals surface area contributed by atoms with Crippen LogP contribution in [0.5, 0.6) is 0 Å². The molecule has 0 aliphatic carbocycles. The quantitative estimate of drug-likeness (QED) is 0.363. The first kappa shape index (κ1) is 31.2. The molecule has 25 valence electrons. The smallest absolute Gasteiger partial charge is 0 e. The largest absolute Gasteiger partial charge is 0.316 e. The average Bonchev–Trinajstić information content (AvgIpc) is 0. The minimum absolute atomic E-state index is 0. The molecule has 0 heterocycles. The fourth-order valence-corrected chi connectivity index (χ4v) is 0. The Morgan fingerprint density at radius 1 is 1.00 bits per heavy atom. The maximum atomic E-state index is 0. The molecule has 0 amide bonds. The predicted octanol–water partition coefficient (Wildman–Crippen LogP) is -2.11. The first-order valence-corrected chi connectivity index (χ1v) is 0. The monoisotopic (exact) mass is 167 g/mol. The summed E-state index contributed by atoms with van der Waals surface area (Å²) in [5.41, 5.74) is 0. The molecule has 0 fully saturated rings. The first-order valence-electron chi connectivity index (χ1n) is 0. The van der Waals surface area contributed by atoms with E-state index in [1.165, 1.54) is 0 Å². The van der Waals surface area contributed by atoms with E-state index in [9.17, 15) is 0 Å². The minimum atomic E-state index is 0. The van der Waals surface area contributed by atoms with Gasteiger partial charge in [0.05, 0.1) is 0 Å². The van der Waals surface area contributed by atoms with Crippen molar-refractivity contribution in [2.45, 2.75) is 0 Å². The third-order valence-corrected chi connectivity index (χ3v) is 0.